The van der Waals surface area contributed by atoms with Crippen LogP contribution in [0.1, 0.15) is 122 Å². The lowest BCUT2D eigenvalue weighted by Gasteiger charge is -2.53. The van der Waals surface area contributed by atoms with E-state index in [1.54, 1.807) is 48.5 Å². The molecule has 6 N–H and O–H groups in total. The fourth-order valence-electron chi connectivity index (χ4n) is 10.8. The van der Waals surface area contributed by atoms with E-state index in [-0.39, 0.29) is 43.0 Å². The Labute approximate surface area is 411 Å². The van der Waals surface area contributed by atoms with Crippen LogP contribution in [0.3, 0.4) is 0 Å². The van der Waals surface area contributed by atoms with E-state index >= 15 is 0 Å². The zero-order valence-corrected chi connectivity index (χ0v) is 44.6. The Morgan fingerprint density at radius 3 is 2.15 bits per heavy atom. The van der Waals surface area contributed by atoms with E-state index < -0.39 is 118 Å². The van der Waals surface area contributed by atoms with Gasteiger partial charge in [0, 0.05) is 50.7 Å². The van der Waals surface area contributed by atoms with Gasteiger partial charge in [0.2, 0.25) is 10.0 Å². The van der Waals surface area contributed by atoms with E-state index in [0.717, 1.165) is 17.1 Å². The summed E-state index contributed by atoms with van der Waals surface area (Å²) in [6, 6.07) is 4.10. The van der Waals surface area contributed by atoms with Crippen molar-refractivity contribution in [3.63, 3.8) is 0 Å². The summed E-state index contributed by atoms with van der Waals surface area (Å²) in [6.45, 7) is 23.0. The predicted octanol–water partition coefficient (Wildman–Crippen LogP) is 4.46. The minimum Gasteiger partial charge on any atom is -0.459 e. The van der Waals surface area contributed by atoms with Crippen LogP contribution in [-0.2, 0) is 43.2 Å². The Kier molecular flexibility index (Phi) is 20.8. The molecular formula is C49H86ClN3O14S. The summed E-state index contributed by atoms with van der Waals surface area (Å²) in [5, 5.41) is 64.8. The number of hydrogen-bond donors (Lipinski definition) is 6. The van der Waals surface area contributed by atoms with Crippen LogP contribution in [0.2, 0.25) is 5.02 Å². The van der Waals surface area contributed by atoms with Crippen LogP contribution in [0.5, 0.6) is 0 Å². The Bertz CT molecular complexity index is 1860. The van der Waals surface area contributed by atoms with Crippen LogP contribution in [0, 0.1) is 17.8 Å². The Balaban J connectivity index is 1.86. The van der Waals surface area contributed by atoms with Gasteiger partial charge < -0.3 is 59.3 Å². The monoisotopic (exact) mass is 1010 g/mol. The predicted molar refractivity (Wildman–Crippen MR) is 258 cm³/mol. The number of sulfonamides is 1. The molecule has 394 valence electrons. The van der Waals surface area contributed by atoms with Gasteiger partial charge in [-0.05, 0) is 124 Å². The van der Waals surface area contributed by atoms with Crippen LogP contribution >= 0.6 is 11.6 Å². The van der Waals surface area contributed by atoms with Gasteiger partial charge in [-0.25, -0.2) is 8.42 Å². The van der Waals surface area contributed by atoms with E-state index in [9.17, 15) is 38.7 Å². The smallest absolute Gasteiger partial charge is 0.311 e. The molecule has 68 heavy (non-hydrogen) atoms. The quantitative estimate of drug-likeness (QED) is 0.105. The molecule has 18 atom stereocenters. The number of likely N-dealkylation sites (N-methyl/N-ethyl adjacent to an activating group) is 1. The highest BCUT2D eigenvalue weighted by molar-refractivity contribution is 7.89. The molecule has 0 spiro atoms. The van der Waals surface area contributed by atoms with Crippen molar-refractivity contribution in [3.8, 4) is 0 Å². The van der Waals surface area contributed by atoms with Gasteiger partial charge in [0.15, 0.2) is 12.6 Å². The molecular weight excluding hydrogens is 922 g/mol. The maximum atomic E-state index is 14.7. The number of carbonyl (C=O) groups excluding carboxylic acids is 1. The summed E-state index contributed by atoms with van der Waals surface area (Å²) in [5.74, 6) is -3.12. The Morgan fingerprint density at radius 1 is 0.941 bits per heavy atom. The summed E-state index contributed by atoms with van der Waals surface area (Å²) >= 11 is 6.08. The summed E-state index contributed by atoms with van der Waals surface area (Å²) < 4.78 is 67.8. The van der Waals surface area contributed by atoms with Crippen molar-refractivity contribution < 1.29 is 67.2 Å². The van der Waals surface area contributed by atoms with Crippen LogP contribution in [0.4, 0.5) is 0 Å². The topological polar surface area (TPSA) is 226 Å². The zero-order valence-electron chi connectivity index (χ0n) is 43.1. The molecule has 17 nitrogen and oxygen atoms in total. The number of nitrogens with one attached hydrogen (secondary N) is 1. The maximum absolute atomic E-state index is 14.7. The third-order valence-corrected chi connectivity index (χ3v) is 17.3. The average molecular weight is 1010 g/mol. The fourth-order valence-corrected chi connectivity index (χ4v) is 12.3. The number of hydrogen-bond acceptors (Lipinski definition) is 16. The molecule has 19 heteroatoms. The highest BCUT2D eigenvalue weighted by Gasteiger charge is 2.58. The van der Waals surface area contributed by atoms with E-state index in [1.807, 2.05) is 32.6 Å². The third-order valence-electron chi connectivity index (χ3n) is 15.1. The number of methoxy groups -OCH3 is 1. The van der Waals surface area contributed by atoms with E-state index in [0.29, 0.717) is 24.7 Å². The maximum Gasteiger partial charge on any atom is 0.311 e. The van der Waals surface area contributed by atoms with Gasteiger partial charge in [-0.1, -0.05) is 46.2 Å². The zero-order chi connectivity index (χ0) is 51.3. The van der Waals surface area contributed by atoms with Gasteiger partial charge >= 0.3 is 5.97 Å². The van der Waals surface area contributed by atoms with Crippen LogP contribution < -0.4 is 5.32 Å². The number of rotatable bonds is 15. The van der Waals surface area contributed by atoms with Crippen molar-refractivity contribution in [2.24, 2.45) is 17.8 Å². The normalized spacial score (nSPS) is 42.0. The first-order valence-electron chi connectivity index (χ1n) is 24.7. The lowest BCUT2D eigenvalue weighted by molar-refractivity contribution is -0.336. The standard InChI is InChI=1S/C49H86ClN3O14S/c1-15-22-51-28-49(59)34(9)64-39(26-47(49,11)62-14)66-41-31(6)43(67-45-40(54)37(24-30(5)63-45)52(13)68(60,61)36-20-18-35(50)19-21-36)46(10,57)25-29(4)27-53(23-16-2)33(8)42(55)48(12,58)38(17-3)65-44(56)32(41)7/h18-21,29-34,37-43,45,51,54-55,57-59H,15-17,22-28H2,1-14H3/t29-,30-,31+,32-,33-,34+,37+,38-,39+,40-,41+,42-,43-,45+,46-,47-,48-,49+/m1/s1. The second-order valence-electron chi connectivity index (χ2n) is 20.7. The first-order valence-corrected chi connectivity index (χ1v) is 26.5. The molecule has 1 aromatic carbocycles. The number of aliphatic hydroxyl groups excluding tert-OH is 2. The van der Waals surface area contributed by atoms with Gasteiger partial charge in [0.05, 0.1) is 46.9 Å². The van der Waals surface area contributed by atoms with Crippen molar-refractivity contribution >= 4 is 27.6 Å². The van der Waals surface area contributed by atoms with Crippen LogP contribution in [0.15, 0.2) is 29.2 Å². The number of cyclic esters (lactones) is 1. The van der Waals surface area contributed by atoms with Gasteiger partial charge in [0.25, 0.3) is 0 Å². The second-order valence-corrected chi connectivity index (χ2v) is 23.2. The average Bonchev–Trinajstić information content (AvgIpc) is 3.27. The van der Waals surface area contributed by atoms with E-state index in [4.69, 9.17) is 40.0 Å². The number of esters is 1. The molecule has 0 aromatic heterocycles. The van der Waals surface area contributed by atoms with Crippen molar-refractivity contribution in [1.82, 2.24) is 14.5 Å². The molecule has 3 aliphatic heterocycles. The third kappa shape index (κ3) is 13.0. The number of carbonyl (C=O) groups is 1. The SMILES string of the molecule is CCCNC[C@]1(O)[C@H](C)O[C@@H](O[C@H]2[C@H](C)[C@@H](O[C@@H]3O[C@H](C)C[C@H](N(C)S(=O)(=O)c4ccc(Cl)cc4)[C@H]3O)[C@](C)(O)C[C@@H](C)CN(CCC)[C@H](C)[C@@H](O)[C@](C)(O)[C@@H](CC)OC(=O)[C@@H]2C)C[C@@]1(C)OC. The Hall–Kier alpha value is -1.59. The summed E-state index contributed by atoms with van der Waals surface area (Å²) in [5.41, 5.74) is -6.35. The molecule has 0 unspecified atom stereocenters. The van der Waals surface area contributed by atoms with Crippen molar-refractivity contribution in [2.45, 2.75) is 216 Å². The van der Waals surface area contributed by atoms with Gasteiger partial charge in [-0.15, -0.1) is 0 Å². The first kappa shape index (κ1) is 59.0. The van der Waals surface area contributed by atoms with Crippen LogP contribution in [-0.4, -0.2) is 179 Å². The molecule has 3 fully saturated rings. The van der Waals surface area contributed by atoms with Gasteiger partial charge in [-0.3, -0.25) is 9.69 Å². The number of halogens is 1. The summed E-state index contributed by atoms with van der Waals surface area (Å²) in [7, 11) is -1.26. The largest absolute Gasteiger partial charge is 0.459 e. The molecule has 0 bridgehead atoms. The number of aliphatic hydroxyl groups is 5. The van der Waals surface area contributed by atoms with Crippen molar-refractivity contribution in [1.29, 1.82) is 0 Å². The lowest BCUT2D eigenvalue weighted by atomic mass is 9.75. The molecule has 0 aliphatic carbocycles. The van der Waals surface area contributed by atoms with Crippen molar-refractivity contribution in [3.05, 3.63) is 29.3 Å². The molecule has 4 rings (SSSR count). The number of ether oxygens (including phenoxy) is 6. The molecule has 3 heterocycles. The molecule has 0 saturated carbocycles. The van der Waals surface area contributed by atoms with Crippen LogP contribution in [0.25, 0.3) is 0 Å². The van der Waals surface area contributed by atoms with Gasteiger partial charge in [0.1, 0.15) is 35.1 Å². The molecule has 3 aliphatic rings. The fraction of sp³-hybridized carbons (Fsp3) is 0.857. The summed E-state index contributed by atoms with van der Waals surface area (Å²) in [4.78, 5) is 16.7. The second kappa shape index (κ2) is 24.0. The molecule has 0 amide bonds. The highest BCUT2D eigenvalue weighted by Crippen LogP contribution is 2.43. The van der Waals surface area contributed by atoms with Crippen molar-refractivity contribution in [2.75, 3.05) is 40.3 Å². The molecule has 3 saturated heterocycles. The van der Waals surface area contributed by atoms with E-state index in [2.05, 4.69) is 5.32 Å². The highest BCUT2D eigenvalue weighted by atomic mass is 35.5. The summed E-state index contributed by atoms with van der Waals surface area (Å²) in [6.07, 6.45) is -8.59. The number of benzene rings is 1. The van der Waals surface area contributed by atoms with E-state index in [1.165, 1.54) is 45.3 Å². The lowest BCUT2D eigenvalue weighted by Crippen LogP contribution is -2.70. The van der Waals surface area contributed by atoms with Gasteiger partial charge in [-0.2, -0.15) is 4.31 Å². The minimum atomic E-state index is -4.15. The Morgan fingerprint density at radius 2 is 1.57 bits per heavy atom. The first-order chi connectivity index (χ1) is 31.6. The minimum absolute atomic E-state index is 0.0177. The number of nitrogens with zero attached hydrogens (tertiary/aromatic N) is 2. The molecule has 1 aromatic rings. The molecule has 0 radical (unpaired) electrons.